The highest BCUT2D eigenvalue weighted by Crippen LogP contribution is 2.26. The molecule has 1 aromatic carbocycles. The smallest absolute Gasteiger partial charge is 0.319 e. The molecule has 7 nitrogen and oxygen atoms in total. The lowest BCUT2D eigenvalue weighted by Gasteiger charge is -2.11. The summed E-state index contributed by atoms with van der Waals surface area (Å²) < 4.78 is 62.4. The van der Waals surface area contributed by atoms with Crippen molar-refractivity contribution in [1.82, 2.24) is 9.97 Å². The number of ether oxygens (including phenoxy) is 2. The van der Waals surface area contributed by atoms with Gasteiger partial charge in [-0.05, 0) is 12.1 Å². The van der Waals surface area contributed by atoms with Crippen LogP contribution in [0.3, 0.4) is 0 Å². The maximum absolute atomic E-state index is 13.1. The van der Waals surface area contributed by atoms with Gasteiger partial charge in [-0.15, -0.1) is 0 Å². The number of hydrogen-bond donors (Lipinski definition) is 1. The molecule has 0 atom stereocenters. The van der Waals surface area contributed by atoms with Crippen LogP contribution in [0.15, 0.2) is 29.3 Å². The SMILES string of the molecule is COc1ncc(NS(=O)(=O)c2cc(F)cc(F)c2)c(OC)n1. The molecular weight excluding hydrogens is 320 g/mol. The molecule has 0 unspecified atom stereocenters. The van der Waals surface area contributed by atoms with Gasteiger partial charge in [-0.2, -0.15) is 4.98 Å². The molecule has 1 aromatic heterocycles. The molecule has 0 spiro atoms. The largest absolute Gasteiger partial charge is 0.479 e. The van der Waals surface area contributed by atoms with Crippen molar-refractivity contribution in [2.45, 2.75) is 4.90 Å². The topological polar surface area (TPSA) is 90.4 Å². The van der Waals surface area contributed by atoms with E-state index in [9.17, 15) is 17.2 Å². The van der Waals surface area contributed by atoms with E-state index in [0.717, 1.165) is 6.20 Å². The van der Waals surface area contributed by atoms with Gasteiger partial charge in [0.15, 0.2) is 0 Å². The molecule has 22 heavy (non-hydrogen) atoms. The van der Waals surface area contributed by atoms with Gasteiger partial charge in [0.2, 0.25) is 5.88 Å². The molecule has 118 valence electrons. The Hall–Kier alpha value is -2.49. The molecule has 2 aromatic rings. The van der Waals surface area contributed by atoms with E-state index < -0.39 is 26.6 Å². The molecule has 0 amide bonds. The molecule has 1 heterocycles. The summed E-state index contributed by atoms with van der Waals surface area (Å²) in [6, 6.07) is 1.90. The monoisotopic (exact) mass is 331 g/mol. The van der Waals surface area contributed by atoms with Crippen LogP contribution >= 0.6 is 0 Å². The van der Waals surface area contributed by atoms with Gasteiger partial charge in [0.25, 0.3) is 10.0 Å². The molecule has 0 bridgehead atoms. The average Bonchev–Trinajstić information content (AvgIpc) is 2.46. The Morgan fingerprint density at radius 2 is 1.73 bits per heavy atom. The van der Waals surface area contributed by atoms with Crippen LogP contribution in [0.4, 0.5) is 14.5 Å². The number of sulfonamides is 1. The minimum absolute atomic E-state index is 0.0309. The maximum atomic E-state index is 13.1. The first-order chi connectivity index (χ1) is 10.4. The standard InChI is InChI=1S/C12H11F2N3O4S/c1-20-11-10(6-15-12(16-11)21-2)17-22(18,19)9-4-7(13)3-8(14)5-9/h3-6,17H,1-2H3. The second kappa shape index (κ2) is 6.10. The third-order valence-electron chi connectivity index (χ3n) is 2.50. The number of methoxy groups -OCH3 is 2. The van der Waals surface area contributed by atoms with Crippen LogP contribution in [0.2, 0.25) is 0 Å². The number of anilines is 1. The van der Waals surface area contributed by atoms with Gasteiger partial charge >= 0.3 is 6.01 Å². The van der Waals surface area contributed by atoms with Crippen LogP contribution in [0.25, 0.3) is 0 Å². The lowest BCUT2D eigenvalue weighted by Crippen LogP contribution is -2.15. The van der Waals surface area contributed by atoms with Crippen molar-refractivity contribution >= 4 is 15.7 Å². The summed E-state index contributed by atoms with van der Waals surface area (Å²) in [6.45, 7) is 0. The van der Waals surface area contributed by atoms with Crippen LogP contribution in [-0.4, -0.2) is 32.6 Å². The zero-order valence-corrected chi connectivity index (χ0v) is 12.3. The molecule has 0 aliphatic rings. The van der Waals surface area contributed by atoms with Crippen LogP contribution in [-0.2, 0) is 10.0 Å². The van der Waals surface area contributed by atoms with E-state index >= 15 is 0 Å². The lowest BCUT2D eigenvalue weighted by molar-refractivity contribution is 0.353. The first-order valence-corrected chi connectivity index (χ1v) is 7.28. The van der Waals surface area contributed by atoms with Crippen molar-refractivity contribution in [3.05, 3.63) is 36.0 Å². The highest BCUT2D eigenvalue weighted by atomic mass is 32.2. The number of hydrogen-bond acceptors (Lipinski definition) is 6. The van der Waals surface area contributed by atoms with E-state index in [1.54, 1.807) is 0 Å². The van der Waals surface area contributed by atoms with Gasteiger partial charge in [-0.1, -0.05) is 0 Å². The normalized spacial score (nSPS) is 11.1. The van der Waals surface area contributed by atoms with Crippen LogP contribution in [0.5, 0.6) is 11.9 Å². The summed E-state index contributed by atoms with van der Waals surface area (Å²) in [6.07, 6.45) is 1.11. The summed E-state index contributed by atoms with van der Waals surface area (Å²) >= 11 is 0. The van der Waals surface area contributed by atoms with Crippen LogP contribution in [0.1, 0.15) is 0 Å². The van der Waals surface area contributed by atoms with Gasteiger partial charge in [-0.3, -0.25) is 4.72 Å². The second-order valence-corrected chi connectivity index (χ2v) is 5.67. The van der Waals surface area contributed by atoms with E-state index in [4.69, 9.17) is 9.47 Å². The number of rotatable bonds is 5. The fraction of sp³-hybridized carbons (Fsp3) is 0.167. The van der Waals surface area contributed by atoms with Crippen molar-refractivity contribution < 1.29 is 26.7 Å². The molecule has 10 heteroatoms. The van der Waals surface area contributed by atoms with E-state index in [1.807, 2.05) is 0 Å². The van der Waals surface area contributed by atoms with E-state index in [-0.39, 0.29) is 17.6 Å². The lowest BCUT2D eigenvalue weighted by atomic mass is 10.3. The minimum Gasteiger partial charge on any atom is -0.479 e. The molecule has 0 aliphatic carbocycles. The summed E-state index contributed by atoms with van der Waals surface area (Å²) in [4.78, 5) is 6.94. The number of benzene rings is 1. The molecular formula is C12H11F2N3O4S. The fourth-order valence-corrected chi connectivity index (χ4v) is 2.65. The predicted octanol–water partition coefficient (Wildman–Crippen LogP) is 1.57. The molecule has 1 N–H and O–H groups in total. The number of nitrogens with one attached hydrogen (secondary N) is 1. The van der Waals surface area contributed by atoms with Crippen molar-refractivity contribution in [2.75, 3.05) is 18.9 Å². The third-order valence-corrected chi connectivity index (χ3v) is 3.84. The van der Waals surface area contributed by atoms with E-state index in [2.05, 4.69) is 14.7 Å². The molecule has 0 aliphatic heterocycles. The minimum atomic E-state index is -4.24. The van der Waals surface area contributed by atoms with Crippen LogP contribution in [0, 0.1) is 11.6 Å². The van der Waals surface area contributed by atoms with Crippen molar-refractivity contribution in [2.24, 2.45) is 0 Å². The van der Waals surface area contributed by atoms with Crippen molar-refractivity contribution in [3.63, 3.8) is 0 Å². The Morgan fingerprint density at radius 3 is 2.27 bits per heavy atom. The number of aromatic nitrogens is 2. The van der Waals surface area contributed by atoms with Gasteiger partial charge < -0.3 is 9.47 Å². The summed E-state index contributed by atoms with van der Waals surface area (Å²) in [5.74, 6) is -2.14. The quantitative estimate of drug-likeness (QED) is 0.894. The Kier molecular flexibility index (Phi) is 4.40. The van der Waals surface area contributed by atoms with E-state index in [1.165, 1.54) is 14.2 Å². The maximum Gasteiger partial charge on any atom is 0.319 e. The number of nitrogens with zero attached hydrogens (tertiary/aromatic N) is 2. The summed E-state index contributed by atoms with van der Waals surface area (Å²) in [5.41, 5.74) is -0.104. The first-order valence-electron chi connectivity index (χ1n) is 5.79. The Morgan fingerprint density at radius 1 is 1.09 bits per heavy atom. The average molecular weight is 331 g/mol. The second-order valence-electron chi connectivity index (χ2n) is 3.99. The van der Waals surface area contributed by atoms with Crippen LogP contribution < -0.4 is 14.2 Å². The Labute approximate surface area is 125 Å². The van der Waals surface area contributed by atoms with Gasteiger partial charge in [0.05, 0.1) is 25.3 Å². The van der Waals surface area contributed by atoms with Gasteiger partial charge in [0, 0.05) is 6.07 Å². The van der Waals surface area contributed by atoms with Crippen molar-refractivity contribution in [3.8, 4) is 11.9 Å². The number of halogens is 2. The van der Waals surface area contributed by atoms with Gasteiger partial charge in [0.1, 0.15) is 17.3 Å². The zero-order chi connectivity index (χ0) is 16.3. The van der Waals surface area contributed by atoms with E-state index in [0.29, 0.717) is 18.2 Å². The highest BCUT2D eigenvalue weighted by Gasteiger charge is 2.20. The summed E-state index contributed by atoms with van der Waals surface area (Å²) in [5, 5.41) is 0. The van der Waals surface area contributed by atoms with Crippen molar-refractivity contribution in [1.29, 1.82) is 0 Å². The highest BCUT2D eigenvalue weighted by molar-refractivity contribution is 7.92. The predicted molar refractivity (Wildman–Crippen MR) is 72.3 cm³/mol. The Bertz CT molecular complexity index is 779. The molecule has 0 saturated heterocycles. The Balaban J connectivity index is 2.40. The molecule has 2 rings (SSSR count). The summed E-state index contributed by atoms with van der Waals surface area (Å²) in [7, 11) is -1.65. The molecule has 0 fully saturated rings. The first kappa shape index (κ1) is 15.9. The zero-order valence-electron chi connectivity index (χ0n) is 11.5. The fourth-order valence-electron chi connectivity index (χ4n) is 1.56. The van der Waals surface area contributed by atoms with Gasteiger partial charge in [-0.25, -0.2) is 22.2 Å². The molecule has 0 saturated carbocycles. The molecule has 0 radical (unpaired) electrons. The third kappa shape index (κ3) is 3.39.